The summed E-state index contributed by atoms with van der Waals surface area (Å²) in [4.78, 5) is 23.4. The highest BCUT2D eigenvalue weighted by Crippen LogP contribution is 2.34. The molecule has 0 aromatic carbocycles. The van der Waals surface area contributed by atoms with Crippen molar-refractivity contribution < 1.29 is 9.53 Å². The van der Waals surface area contributed by atoms with Gasteiger partial charge in [0.25, 0.3) is 5.91 Å². The van der Waals surface area contributed by atoms with Crippen molar-refractivity contribution in [1.82, 2.24) is 14.9 Å². The second-order valence-electron chi connectivity index (χ2n) is 6.77. The Bertz CT molecular complexity index is 736. The second kappa shape index (κ2) is 7.19. The van der Waals surface area contributed by atoms with Crippen LogP contribution in [0, 0.1) is 12.8 Å². The normalized spacial score (nSPS) is 26.4. The van der Waals surface area contributed by atoms with Gasteiger partial charge in [-0.05, 0) is 44.4 Å². The smallest absolute Gasteiger partial charge is 0.253 e. The number of nitrogens with zero attached hydrogens (tertiary/aromatic N) is 3. The number of carbonyl (C=O) groups excluding carboxylic acids is 1. The zero-order valence-electron chi connectivity index (χ0n) is 14.2. The monoisotopic (exact) mass is 358 g/mol. The van der Waals surface area contributed by atoms with Gasteiger partial charge in [-0.25, -0.2) is 4.98 Å². The van der Waals surface area contributed by atoms with Crippen LogP contribution >= 0.6 is 11.3 Å². The van der Waals surface area contributed by atoms with Gasteiger partial charge in [0.2, 0.25) is 0 Å². The number of anilines is 1. The molecule has 3 atom stereocenters. The molecule has 0 unspecified atom stereocenters. The zero-order valence-corrected chi connectivity index (χ0v) is 15.0. The number of hydrogen-bond acceptors (Lipinski definition) is 6. The first-order valence-electron chi connectivity index (χ1n) is 8.67. The number of amides is 1. The Labute approximate surface area is 151 Å². The Morgan fingerprint density at radius 3 is 3.20 bits per heavy atom. The molecule has 25 heavy (non-hydrogen) atoms. The molecule has 2 aliphatic heterocycles. The van der Waals surface area contributed by atoms with E-state index in [0.717, 1.165) is 43.2 Å². The Morgan fingerprint density at radius 2 is 2.44 bits per heavy atom. The second-order valence-corrected chi connectivity index (χ2v) is 7.83. The lowest BCUT2D eigenvalue weighted by atomic mass is 9.91. The molecule has 2 fully saturated rings. The van der Waals surface area contributed by atoms with E-state index < -0.39 is 0 Å². The maximum atomic E-state index is 12.4. The number of piperidine rings is 1. The standard InChI is InChI=1S/C18H22N4O2S/c1-12-20-15(11-25-12)9-22-6-4-13-7-16(24-17(13)10-22)18(23)21-14-3-2-5-19-8-14/h2-3,5,8,11,13,16-17H,4,6-7,9-10H2,1H3,(H,21,23)/t13-,16+,17+/m0/s1. The minimum absolute atomic E-state index is 0.0657. The summed E-state index contributed by atoms with van der Waals surface area (Å²) in [6, 6.07) is 3.65. The van der Waals surface area contributed by atoms with E-state index in [9.17, 15) is 4.79 Å². The van der Waals surface area contributed by atoms with Crippen molar-refractivity contribution in [2.45, 2.75) is 38.5 Å². The number of likely N-dealkylation sites (tertiary alicyclic amines) is 1. The van der Waals surface area contributed by atoms with E-state index in [1.165, 1.54) is 0 Å². The Kier molecular flexibility index (Phi) is 4.78. The van der Waals surface area contributed by atoms with Crippen molar-refractivity contribution in [3.05, 3.63) is 40.6 Å². The molecule has 0 aliphatic carbocycles. The van der Waals surface area contributed by atoms with Crippen molar-refractivity contribution in [2.75, 3.05) is 18.4 Å². The Balaban J connectivity index is 1.33. The van der Waals surface area contributed by atoms with Crippen molar-refractivity contribution in [1.29, 1.82) is 0 Å². The van der Waals surface area contributed by atoms with E-state index in [1.807, 2.05) is 19.1 Å². The van der Waals surface area contributed by atoms with Crippen LogP contribution in [-0.2, 0) is 16.1 Å². The minimum Gasteiger partial charge on any atom is -0.364 e. The molecular formula is C18H22N4O2S. The van der Waals surface area contributed by atoms with Crippen LogP contribution in [0.15, 0.2) is 29.9 Å². The molecule has 1 amide bonds. The third kappa shape index (κ3) is 3.89. The van der Waals surface area contributed by atoms with Gasteiger partial charge in [-0.3, -0.25) is 14.7 Å². The van der Waals surface area contributed by atoms with Gasteiger partial charge in [0.1, 0.15) is 6.10 Å². The number of thiazole rings is 1. The fourth-order valence-corrected chi connectivity index (χ4v) is 4.28. The first-order valence-corrected chi connectivity index (χ1v) is 9.55. The fraction of sp³-hybridized carbons (Fsp3) is 0.500. The van der Waals surface area contributed by atoms with E-state index in [1.54, 1.807) is 23.7 Å². The van der Waals surface area contributed by atoms with Crippen molar-refractivity contribution in [2.24, 2.45) is 5.92 Å². The highest BCUT2D eigenvalue weighted by atomic mass is 32.1. The topological polar surface area (TPSA) is 67.4 Å². The van der Waals surface area contributed by atoms with Crippen LogP contribution in [-0.4, -0.2) is 46.1 Å². The van der Waals surface area contributed by atoms with Gasteiger partial charge < -0.3 is 10.1 Å². The third-order valence-electron chi connectivity index (χ3n) is 4.91. The van der Waals surface area contributed by atoms with Gasteiger partial charge in [-0.2, -0.15) is 0 Å². The molecule has 0 bridgehead atoms. The first-order chi connectivity index (χ1) is 12.2. The number of pyridine rings is 1. The summed E-state index contributed by atoms with van der Waals surface area (Å²) in [7, 11) is 0. The van der Waals surface area contributed by atoms with Crippen molar-refractivity contribution in [3.8, 4) is 0 Å². The van der Waals surface area contributed by atoms with Gasteiger partial charge in [0, 0.05) is 24.7 Å². The molecule has 0 radical (unpaired) electrons. The predicted molar refractivity (Wildman–Crippen MR) is 96.4 cm³/mol. The van der Waals surface area contributed by atoms with Crippen LogP contribution < -0.4 is 5.32 Å². The molecule has 2 aliphatic rings. The van der Waals surface area contributed by atoms with Gasteiger partial charge in [-0.1, -0.05) is 0 Å². The van der Waals surface area contributed by atoms with E-state index in [0.29, 0.717) is 11.6 Å². The average molecular weight is 358 g/mol. The highest BCUT2D eigenvalue weighted by molar-refractivity contribution is 7.09. The summed E-state index contributed by atoms with van der Waals surface area (Å²) < 4.78 is 6.08. The van der Waals surface area contributed by atoms with Crippen LogP contribution in [0.1, 0.15) is 23.5 Å². The molecule has 1 N–H and O–H groups in total. The molecule has 2 saturated heterocycles. The van der Waals surface area contributed by atoms with Gasteiger partial charge in [0.15, 0.2) is 0 Å². The Morgan fingerprint density at radius 1 is 1.52 bits per heavy atom. The van der Waals surface area contributed by atoms with E-state index in [4.69, 9.17) is 4.74 Å². The first kappa shape index (κ1) is 16.6. The molecule has 4 rings (SSSR count). The van der Waals surface area contributed by atoms with Crippen LogP contribution in [0.3, 0.4) is 0 Å². The van der Waals surface area contributed by atoms with Gasteiger partial charge in [0.05, 0.1) is 28.7 Å². The van der Waals surface area contributed by atoms with Crippen LogP contribution in [0.4, 0.5) is 5.69 Å². The van der Waals surface area contributed by atoms with E-state index >= 15 is 0 Å². The van der Waals surface area contributed by atoms with Gasteiger partial charge >= 0.3 is 0 Å². The number of aryl methyl sites for hydroxylation is 1. The number of fused-ring (bicyclic) bond motifs is 1. The lowest BCUT2D eigenvalue weighted by Crippen LogP contribution is -2.42. The maximum Gasteiger partial charge on any atom is 0.253 e. The molecule has 132 valence electrons. The van der Waals surface area contributed by atoms with Gasteiger partial charge in [-0.15, -0.1) is 11.3 Å². The number of aromatic nitrogens is 2. The lowest BCUT2D eigenvalue weighted by molar-refractivity contribution is -0.127. The minimum atomic E-state index is -0.364. The van der Waals surface area contributed by atoms with Crippen LogP contribution in [0.25, 0.3) is 0 Å². The van der Waals surface area contributed by atoms with Crippen LogP contribution in [0.2, 0.25) is 0 Å². The molecular weight excluding hydrogens is 336 g/mol. The van der Waals surface area contributed by atoms with E-state index in [2.05, 4.69) is 25.6 Å². The summed E-state index contributed by atoms with van der Waals surface area (Å²) in [6.07, 6.45) is 4.99. The lowest BCUT2D eigenvalue weighted by Gasteiger charge is -2.33. The fourth-order valence-electron chi connectivity index (χ4n) is 3.68. The van der Waals surface area contributed by atoms with Crippen molar-refractivity contribution >= 4 is 22.9 Å². The summed E-state index contributed by atoms with van der Waals surface area (Å²) in [5.41, 5.74) is 1.84. The third-order valence-corrected chi connectivity index (χ3v) is 5.73. The summed E-state index contributed by atoms with van der Waals surface area (Å²) in [6.45, 7) is 4.81. The summed E-state index contributed by atoms with van der Waals surface area (Å²) >= 11 is 1.69. The Hall–Kier alpha value is -1.83. The maximum absolute atomic E-state index is 12.4. The predicted octanol–water partition coefficient (Wildman–Crippen LogP) is 2.46. The molecule has 6 nitrogen and oxygen atoms in total. The molecule has 0 saturated carbocycles. The number of nitrogens with one attached hydrogen (secondary N) is 1. The zero-order chi connectivity index (χ0) is 17.2. The number of rotatable bonds is 4. The molecule has 2 aromatic rings. The van der Waals surface area contributed by atoms with Crippen LogP contribution in [0.5, 0.6) is 0 Å². The average Bonchev–Trinajstić information content (AvgIpc) is 3.21. The summed E-state index contributed by atoms with van der Waals surface area (Å²) in [5.74, 6) is 0.405. The highest BCUT2D eigenvalue weighted by Gasteiger charge is 2.41. The quantitative estimate of drug-likeness (QED) is 0.909. The van der Waals surface area contributed by atoms with Crippen molar-refractivity contribution in [3.63, 3.8) is 0 Å². The molecule has 7 heteroatoms. The van der Waals surface area contributed by atoms with E-state index in [-0.39, 0.29) is 18.1 Å². The number of hydrogen-bond donors (Lipinski definition) is 1. The molecule has 4 heterocycles. The number of ether oxygens (including phenoxy) is 1. The largest absolute Gasteiger partial charge is 0.364 e. The SMILES string of the molecule is Cc1nc(CN2CC[C@H]3C[C@H](C(=O)Nc4cccnc4)O[C@@H]3C2)cs1. The summed E-state index contributed by atoms with van der Waals surface area (Å²) in [5, 5.41) is 6.13. The molecule has 2 aromatic heterocycles. The molecule has 0 spiro atoms. The number of carbonyl (C=O) groups is 1.